The first-order valence-corrected chi connectivity index (χ1v) is 4.32. The van der Waals surface area contributed by atoms with Gasteiger partial charge in [-0.15, -0.1) is 11.3 Å². The Kier molecular flexibility index (Phi) is 2.86. The highest BCUT2D eigenvalue weighted by Gasteiger charge is 2.12. The van der Waals surface area contributed by atoms with Crippen LogP contribution >= 0.6 is 11.3 Å². The van der Waals surface area contributed by atoms with Crippen LogP contribution in [0.15, 0.2) is 11.4 Å². The molecule has 0 aliphatic heterocycles. The third kappa shape index (κ3) is 2.19. The van der Waals surface area contributed by atoms with Gasteiger partial charge in [0.2, 0.25) is 0 Å². The van der Waals surface area contributed by atoms with Crippen LogP contribution in [0, 0.1) is 0 Å². The van der Waals surface area contributed by atoms with Gasteiger partial charge in [0, 0.05) is 7.05 Å². The lowest BCUT2D eigenvalue weighted by molar-refractivity contribution is 0.0703. The van der Waals surface area contributed by atoms with Gasteiger partial charge in [0.05, 0.1) is 5.69 Å². The Bertz CT molecular complexity index is 334. The molecule has 0 bridgehead atoms. The highest BCUT2D eigenvalue weighted by atomic mass is 32.1. The van der Waals surface area contributed by atoms with Crippen LogP contribution in [0.3, 0.4) is 0 Å². The molecule has 1 aromatic heterocycles. The van der Waals surface area contributed by atoms with Crippen molar-refractivity contribution in [2.45, 2.75) is 0 Å². The van der Waals surface area contributed by atoms with Crippen LogP contribution in [0.25, 0.3) is 0 Å². The predicted molar refractivity (Wildman–Crippen MR) is 49.4 cm³/mol. The molecule has 6 heteroatoms. The Hall–Kier alpha value is -1.56. The minimum Gasteiger partial charge on any atom is -0.477 e. The fraction of sp³-hybridized carbons (Fsp3) is 0.143. The zero-order chi connectivity index (χ0) is 9.84. The van der Waals surface area contributed by atoms with Crippen molar-refractivity contribution in [3.05, 3.63) is 16.3 Å². The summed E-state index contributed by atoms with van der Waals surface area (Å²) in [6, 6.07) is 1.12. The molecule has 1 heterocycles. The molecule has 0 aliphatic rings. The first-order valence-electron chi connectivity index (χ1n) is 3.44. The van der Waals surface area contributed by atoms with Gasteiger partial charge in [0.25, 0.3) is 0 Å². The summed E-state index contributed by atoms with van der Waals surface area (Å²) in [5.74, 6) is -1.04. The van der Waals surface area contributed by atoms with E-state index in [1.54, 1.807) is 11.4 Å². The Morgan fingerprint density at radius 1 is 1.54 bits per heavy atom. The lowest BCUT2D eigenvalue weighted by Crippen LogP contribution is -2.24. The highest BCUT2D eigenvalue weighted by Crippen LogP contribution is 2.21. The van der Waals surface area contributed by atoms with Gasteiger partial charge < -0.3 is 15.7 Å². The van der Waals surface area contributed by atoms with Gasteiger partial charge in [-0.25, -0.2) is 9.59 Å². The van der Waals surface area contributed by atoms with E-state index in [-0.39, 0.29) is 4.88 Å². The number of amides is 2. The highest BCUT2D eigenvalue weighted by molar-refractivity contribution is 7.12. The molecular weight excluding hydrogens is 192 g/mol. The predicted octanol–water partition coefficient (Wildman–Crippen LogP) is 1.20. The molecular formula is C7H8N2O3S. The van der Waals surface area contributed by atoms with Crippen molar-refractivity contribution in [2.24, 2.45) is 0 Å². The minimum atomic E-state index is -1.04. The van der Waals surface area contributed by atoms with E-state index in [9.17, 15) is 9.59 Å². The number of aromatic carboxylic acids is 1. The molecule has 0 saturated carbocycles. The molecule has 0 unspecified atom stereocenters. The molecule has 1 rings (SSSR count). The van der Waals surface area contributed by atoms with Crippen LogP contribution in [0.5, 0.6) is 0 Å². The van der Waals surface area contributed by atoms with Crippen LogP contribution in [0.4, 0.5) is 10.5 Å². The van der Waals surface area contributed by atoms with Crippen molar-refractivity contribution >= 4 is 29.0 Å². The van der Waals surface area contributed by atoms with Gasteiger partial charge in [-0.3, -0.25) is 0 Å². The number of thiophene rings is 1. The normalized spacial score (nSPS) is 9.31. The minimum absolute atomic E-state index is 0.128. The van der Waals surface area contributed by atoms with Crippen molar-refractivity contribution in [2.75, 3.05) is 12.4 Å². The molecule has 5 nitrogen and oxygen atoms in total. The van der Waals surface area contributed by atoms with E-state index in [0.29, 0.717) is 5.69 Å². The van der Waals surface area contributed by atoms with Crippen LogP contribution in [-0.2, 0) is 0 Å². The van der Waals surface area contributed by atoms with Gasteiger partial charge in [-0.05, 0) is 11.4 Å². The molecule has 0 saturated heterocycles. The molecule has 0 aromatic carbocycles. The second-order valence-corrected chi connectivity index (χ2v) is 3.09. The van der Waals surface area contributed by atoms with Crippen molar-refractivity contribution < 1.29 is 14.7 Å². The number of carbonyl (C=O) groups is 2. The summed E-state index contributed by atoms with van der Waals surface area (Å²) in [6.45, 7) is 0. The summed E-state index contributed by atoms with van der Waals surface area (Å²) in [5.41, 5.74) is 0.317. The number of carboxylic acid groups (broad SMARTS) is 1. The second-order valence-electron chi connectivity index (χ2n) is 2.17. The van der Waals surface area contributed by atoms with Crippen molar-refractivity contribution in [3.63, 3.8) is 0 Å². The van der Waals surface area contributed by atoms with Crippen molar-refractivity contribution in [1.29, 1.82) is 0 Å². The average Bonchev–Trinajstić information content (AvgIpc) is 2.52. The van der Waals surface area contributed by atoms with E-state index in [0.717, 1.165) is 11.3 Å². The van der Waals surface area contributed by atoms with Gasteiger partial charge in [0.15, 0.2) is 0 Å². The topological polar surface area (TPSA) is 78.4 Å². The largest absolute Gasteiger partial charge is 0.477 e. The Balaban J connectivity index is 2.82. The zero-order valence-corrected chi connectivity index (χ0v) is 7.64. The smallest absolute Gasteiger partial charge is 0.348 e. The first-order chi connectivity index (χ1) is 6.15. The number of carboxylic acids is 1. The number of carbonyl (C=O) groups excluding carboxylic acids is 1. The number of anilines is 1. The summed E-state index contributed by atoms with van der Waals surface area (Å²) in [4.78, 5) is 21.6. The lowest BCUT2D eigenvalue weighted by atomic mass is 10.4. The standard InChI is InChI=1S/C7H8N2O3S/c1-8-7(12)9-4-2-3-13-5(4)6(10)11/h2-3H,1H3,(H,10,11)(H2,8,9,12). The van der Waals surface area contributed by atoms with Gasteiger partial charge in [0.1, 0.15) is 4.88 Å². The monoisotopic (exact) mass is 200 g/mol. The van der Waals surface area contributed by atoms with E-state index in [1.807, 2.05) is 0 Å². The van der Waals surface area contributed by atoms with E-state index in [2.05, 4.69) is 10.6 Å². The maximum absolute atomic E-state index is 10.8. The van der Waals surface area contributed by atoms with Crippen molar-refractivity contribution in [1.82, 2.24) is 5.32 Å². The average molecular weight is 200 g/mol. The van der Waals surface area contributed by atoms with E-state index < -0.39 is 12.0 Å². The summed E-state index contributed by atoms with van der Waals surface area (Å²) in [5, 5.41) is 15.0. The quantitative estimate of drug-likeness (QED) is 0.671. The lowest BCUT2D eigenvalue weighted by Gasteiger charge is -2.01. The van der Waals surface area contributed by atoms with Gasteiger partial charge in [-0.2, -0.15) is 0 Å². The van der Waals surface area contributed by atoms with E-state index >= 15 is 0 Å². The Morgan fingerprint density at radius 2 is 2.23 bits per heavy atom. The molecule has 70 valence electrons. The maximum atomic E-state index is 10.8. The summed E-state index contributed by atoms with van der Waals surface area (Å²) in [7, 11) is 1.46. The first kappa shape index (κ1) is 9.53. The summed E-state index contributed by atoms with van der Waals surface area (Å²) >= 11 is 1.07. The number of hydrogen-bond donors (Lipinski definition) is 3. The molecule has 3 N–H and O–H groups in total. The maximum Gasteiger partial charge on any atom is 0.348 e. The molecule has 0 aliphatic carbocycles. The van der Waals surface area contributed by atoms with Gasteiger partial charge in [-0.1, -0.05) is 0 Å². The van der Waals surface area contributed by atoms with E-state index in [1.165, 1.54) is 7.05 Å². The summed E-state index contributed by atoms with van der Waals surface area (Å²) < 4.78 is 0. The zero-order valence-electron chi connectivity index (χ0n) is 6.83. The molecule has 13 heavy (non-hydrogen) atoms. The molecule has 2 amide bonds. The van der Waals surface area contributed by atoms with Crippen LogP contribution in [0.2, 0.25) is 0 Å². The van der Waals surface area contributed by atoms with Gasteiger partial charge >= 0.3 is 12.0 Å². The van der Waals surface area contributed by atoms with Crippen LogP contribution in [0.1, 0.15) is 9.67 Å². The van der Waals surface area contributed by atoms with Crippen molar-refractivity contribution in [3.8, 4) is 0 Å². The Morgan fingerprint density at radius 3 is 2.77 bits per heavy atom. The number of rotatable bonds is 2. The molecule has 0 radical (unpaired) electrons. The fourth-order valence-electron chi connectivity index (χ4n) is 0.758. The van der Waals surface area contributed by atoms with E-state index in [4.69, 9.17) is 5.11 Å². The second kappa shape index (κ2) is 3.90. The number of urea groups is 1. The molecule has 0 spiro atoms. The third-order valence-corrected chi connectivity index (χ3v) is 2.24. The molecule has 0 atom stereocenters. The molecule has 0 fully saturated rings. The fourth-order valence-corrected chi connectivity index (χ4v) is 1.45. The summed E-state index contributed by atoms with van der Waals surface area (Å²) in [6.07, 6.45) is 0. The number of nitrogens with one attached hydrogen (secondary N) is 2. The third-order valence-electron chi connectivity index (χ3n) is 1.33. The van der Waals surface area contributed by atoms with Crippen LogP contribution in [-0.4, -0.2) is 24.2 Å². The Labute approximate surface area is 78.4 Å². The van der Waals surface area contributed by atoms with Crippen LogP contribution < -0.4 is 10.6 Å². The number of hydrogen-bond acceptors (Lipinski definition) is 3. The SMILES string of the molecule is CNC(=O)Nc1ccsc1C(=O)O. The molecule has 1 aromatic rings.